The third kappa shape index (κ3) is 4.19. The van der Waals surface area contributed by atoms with E-state index in [0.29, 0.717) is 25.7 Å². The van der Waals surface area contributed by atoms with Crippen LogP contribution >= 0.6 is 0 Å². The molecule has 0 heterocycles. The van der Waals surface area contributed by atoms with Crippen LogP contribution in [0, 0.1) is 5.92 Å². The molecule has 0 radical (unpaired) electrons. The van der Waals surface area contributed by atoms with Gasteiger partial charge in [0.1, 0.15) is 12.1 Å². The van der Waals surface area contributed by atoms with E-state index in [4.69, 9.17) is 4.74 Å². The predicted octanol–water partition coefficient (Wildman–Crippen LogP) is 3.82. The number of carbonyl (C=O) groups excluding carboxylic acids is 2. The second kappa shape index (κ2) is 8.54. The van der Waals surface area contributed by atoms with E-state index in [-0.39, 0.29) is 30.4 Å². The molecule has 0 aromatic heterocycles. The van der Waals surface area contributed by atoms with Crippen LogP contribution in [-0.2, 0) is 14.3 Å². The number of carbonyl (C=O) groups is 3. The lowest BCUT2D eigenvalue weighted by molar-refractivity contribution is -0.144. The molecule has 7 nitrogen and oxygen atoms in total. The van der Waals surface area contributed by atoms with Crippen molar-refractivity contribution >= 4 is 18.0 Å². The maximum Gasteiger partial charge on any atom is 0.407 e. The summed E-state index contributed by atoms with van der Waals surface area (Å²) in [4.78, 5) is 36.5. The molecule has 2 amide bonds. The molecule has 2 saturated carbocycles. The molecule has 2 aromatic rings. The van der Waals surface area contributed by atoms with E-state index in [1.807, 2.05) is 24.3 Å². The number of carboxylic acid groups (broad SMARTS) is 1. The van der Waals surface area contributed by atoms with Crippen molar-refractivity contribution in [1.29, 1.82) is 0 Å². The van der Waals surface area contributed by atoms with Crippen molar-refractivity contribution in [2.24, 2.45) is 5.92 Å². The number of nitrogens with one attached hydrogen (secondary N) is 2. The molecule has 3 aliphatic rings. The Balaban J connectivity index is 1.16. The number of alkyl carbamates (subject to hydrolysis) is 1. The van der Waals surface area contributed by atoms with Gasteiger partial charge in [0.25, 0.3) is 0 Å². The third-order valence-corrected chi connectivity index (χ3v) is 7.23. The van der Waals surface area contributed by atoms with E-state index in [0.717, 1.165) is 24.0 Å². The van der Waals surface area contributed by atoms with Gasteiger partial charge in [0.15, 0.2) is 0 Å². The summed E-state index contributed by atoms with van der Waals surface area (Å²) in [6, 6.07) is 16.2. The molecule has 3 N–H and O–H groups in total. The molecule has 0 saturated heterocycles. The zero-order chi connectivity index (χ0) is 23.0. The Morgan fingerprint density at radius 2 is 1.61 bits per heavy atom. The van der Waals surface area contributed by atoms with Crippen LogP contribution in [0.15, 0.2) is 48.5 Å². The SMILES string of the molecule is O=C(N[C@@H]1CCC[C@@H](C(=O)NC2(C(=O)O)CC2)C1)OCC1c2ccccc2-c2ccccc21. The van der Waals surface area contributed by atoms with Crippen LogP contribution in [0.2, 0.25) is 0 Å². The maximum atomic E-state index is 12.6. The van der Waals surface area contributed by atoms with Gasteiger partial charge in [-0.15, -0.1) is 0 Å². The number of hydrogen-bond acceptors (Lipinski definition) is 4. The molecule has 2 aromatic carbocycles. The number of aliphatic carboxylic acids is 1. The van der Waals surface area contributed by atoms with Crippen molar-refractivity contribution in [2.45, 2.75) is 56.0 Å². The Bertz CT molecular complexity index is 1050. The van der Waals surface area contributed by atoms with Gasteiger partial charge in [0.05, 0.1) is 0 Å². The first kappa shape index (κ1) is 21.5. The minimum atomic E-state index is -1.08. The summed E-state index contributed by atoms with van der Waals surface area (Å²) in [7, 11) is 0. The topological polar surface area (TPSA) is 105 Å². The molecular formula is C26H28N2O5. The van der Waals surface area contributed by atoms with Gasteiger partial charge in [0.2, 0.25) is 5.91 Å². The molecule has 0 bridgehead atoms. The average Bonchev–Trinajstić information content (AvgIpc) is 3.54. The molecule has 2 atom stereocenters. The lowest BCUT2D eigenvalue weighted by atomic mass is 9.85. The van der Waals surface area contributed by atoms with E-state index < -0.39 is 17.6 Å². The summed E-state index contributed by atoms with van der Waals surface area (Å²) in [5, 5.41) is 14.9. The van der Waals surface area contributed by atoms with Crippen molar-refractivity contribution in [1.82, 2.24) is 10.6 Å². The fourth-order valence-electron chi connectivity index (χ4n) is 5.22. The zero-order valence-corrected chi connectivity index (χ0v) is 18.4. The highest BCUT2D eigenvalue weighted by Gasteiger charge is 2.52. The summed E-state index contributed by atoms with van der Waals surface area (Å²) >= 11 is 0. The largest absolute Gasteiger partial charge is 0.480 e. The van der Waals surface area contributed by atoms with Gasteiger partial charge in [-0.1, -0.05) is 55.0 Å². The Hall–Kier alpha value is -3.35. The number of hydrogen-bond donors (Lipinski definition) is 3. The molecule has 0 spiro atoms. The number of fused-ring (bicyclic) bond motifs is 3. The quantitative estimate of drug-likeness (QED) is 0.623. The van der Waals surface area contributed by atoms with Crippen LogP contribution in [0.1, 0.15) is 55.6 Å². The normalized spacial score (nSPS) is 22.5. The van der Waals surface area contributed by atoms with Crippen molar-refractivity contribution in [3.63, 3.8) is 0 Å². The summed E-state index contributed by atoms with van der Waals surface area (Å²) in [6.45, 7) is 0.248. The zero-order valence-electron chi connectivity index (χ0n) is 18.4. The Labute approximate surface area is 192 Å². The van der Waals surface area contributed by atoms with Gasteiger partial charge in [-0.25, -0.2) is 9.59 Å². The monoisotopic (exact) mass is 448 g/mol. The molecule has 0 aliphatic heterocycles. The van der Waals surface area contributed by atoms with Crippen LogP contribution < -0.4 is 10.6 Å². The first-order chi connectivity index (χ1) is 16.0. The predicted molar refractivity (Wildman–Crippen MR) is 122 cm³/mol. The molecule has 0 unspecified atom stereocenters. The lowest BCUT2D eigenvalue weighted by Crippen LogP contribution is -2.48. The minimum absolute atomic E-state index is 0.00113. The van der Waals surface area contributed by atoms with Crippen molar-refractivity contribution < 1.29 is 24.2 Å². The Kier molecular flexibility index (Phi) is 5.56. The minimum Gasteiger partial charge on any atom is -0.480 e. The van der Waals surface area contributed by atoms with Crippen LogP contribution in [0.25, 0.3) is 11.1 Å². The maximum absolute atomic E-state index is 12.6. The van der Waals surface area contributed by atoms with Gasteiger partial charge in [-0.05, 0) is 54.4 Å². The standard InChI is InChI=1S/C26H28N2O5/c29-23(28-26(12-13-26)24(30)31)16-6-5-7-17(14-16)27-25(32)33-15-22-20-10-3-1-8-18(20)19-9-2-4-11-21(19)22/h1-4,8-11,16-17,22H,5-7,12-15H2,(H,27,32)(H,28,29)(H,30,31)/t16-,17-/m1/s1. The van der Waals surface area contributed by atoms with E-state index in [9.17, 15) is 19.5 Å². The van der Waals surface area contributed by atoms with Gasteiger partial charge in [0, 0.05) is 17.9 Å². The van der Waals surface area contributed by atoms with E-state index in [1.165, 1.54) is 11.1 Å². The van der Waals surface area contributed by atoms with Crippen molar-refractivity contribution in [2.75, 3.05) is 6.61 Å². The molecule has 5 rings (SSSR count). The highest BCUT2D eigenvalue weighted by Crippen LogP contribution is 2.44. The summed E-state index contributed by atoms with van der Waals surface area (Å²) in [6.07, 6.45) is 3.23. The Morgan fingerprint density at radius 1 is 0.970 bits per heavy atom. The summed E-state index contributed by atoms with van der Waals surface area (Å²) in [5.74, 6) is -1.50. The smallest absolute Gasteiger partial charge is 0.407 e. The van der Waals surface area contributed by atoms with Gasteiger partial charge in [-0.2, -0.15) is 0 Å². The fraction of sp³-hybridized carbons (Fsp3) is 0.423. The lowest BCUT2D eigenvalue weighted by Gasteiger charge is -2.29. The molecule has 7 heteroatoms. The second-order valence-electron chi connectivity index (χ2n) is 9.41. The first-order valence-electron chi connectivity index (χ1n) is 11.6. The first-order valence-corrected chi connectivity index (χ1v) is 11.6. The number of ether oxygens (including phenoxy) is 1. The molecule has 2 fully saturated rings. The van der Waals surface area contributed by atoms with E-state index in [2.05, 4.69) is 34.9 Å². The van der Waals surface area contributed by atoms with Gasteiger partial charge in [-0.3, -0.25) is 4.79 Å². The van der Waals surface area contributed by atoms with Crippen LogP contribution in [0.3, 0.4) is 0 Å². The summed E-state index contributed by atoms with van der Waals surface area (Å²) in [5.41, 5.74) is 3.60. The third-order valence-electron chi connectivity index (χ3n) is 7.23. The number of carboxylic acids is 1. The van der Waals surface area contributed by atoms with E-state index in [1.54, 1.807) is 0 Å². The molecular weight excluding hydrogens is 420 g/mol. The molecule has 3 aliphatic carbocycles. The molecule has 33 heavy (non-hydrogen) atoms. The van der Waals surface area contributed by atoms with Crippen LogP contribution in [-0.4, -0.2) is 41.3 Å². The van der Waals surface area contributed by atoms with Crippen LogP contribution in [0.5, 0.6) is 0 Å². The Morgan fingerprint density at radius 3 is 2.21 bits per heavy atom. The van der Waals surface area contributed by atoms with Crippen LogP contribution in [0.4, 0.5) is 4.79 Å². The van der Waals surface area contributed by atoms with Gasteiger partial charge < -0.3 is 20.5 Å². The number of benzene rings is 2. The number of rotatable bonds is 6. The highest BCUT2D eigenvalue weighted by atomic mass is 16.5. The second-order valence-corrected chi connectivity index (χ2v) is 9.41. The molecule has 172 valence electrons. The van der Waals surface area contributed by atoms with Crippen molar-refractivity contribution in [3.05, 3.63) is 59.7 Å². The number of amides is 2. The highest BCUT2D eigenvalue weighted by molar-refractivity contribution is 5.90. The summed E-state index contributed by atoms with van der Waals surface area (Å²) < 4.78 is 5.63. The van der Waals surface area contributed by atoms with Gasteiger partial charge >= 0.3 is 12.1 Å². The fourth-order valence-corrected chi connectivity index (χ4v) is 5.22. The van der Waals surface area contributed by atoms with E-state index >= 15 is 0 Å². The van der Waals surface area contributed by atoms with Crippen molar-refractivity contribution in [3.8, 4) is 11.1 Å². The average molecular weight is 449 g/mol.